The van der Waals surface area contributed by atoms with Crippen LogP contribution < -0.4 is 0 Å². The Morgan fingerprint density at radius 3 is 2.58 bits per heavy atom. The van der Waals surface area contributed by atoms with E-state index in [4.69, 9.17) is 5.26 Å². The number of nitriles is 1. The highest BCUT2D eigenvalue weighted by atomic mass is 32.2. The predicted molar refractivity (Wildman–Crippen MR) is 73.1 cm³/mol. The molecule has 94 valence electrons. The summed E-state index contributed by atoms with van der Waals surface area (Å²) in [5.41, 5.74) is 1.32. The van der Waals surface area contributed by atoms with E-state index >= 15 is 0 Å². The smallest absolute Gasteiger partial charge is 0.258 e. The molecule has 2 rings (SSSR count). The van der Waals surface area contributed by atoms with Gasteiger partial charge in [-0.25, -0.2) is 0 Å². The SMILES string of the molecule is Cc1ccccc1Sc1ccc(C#N)cc1[N+](=O)[O-]. The fourth-order valence-electron chi connectivity index (χ4n) is 1.61. The highest BCUT2D eigenvalue weighted by Crippen LogP contribution is 2.36. The van der Waals surface area contributed by atoms with Crippen LogP contribution in [-0.4, -0.2) is 4.92 Å². The number of rotatable bonds is 3. The lowest BCUT2D eigenvalue weighted by atomic mass is 10.2. The first kappa shape index (κ1) is 13.1. The molecular formula is C14H10N2O2S. The van der Waals surface area contributed by atoms with E-state index in [0.29, 0.717) is 10.5 Å². The number of nitro benzene ring substituents is 1. The number of hydrogen-bond donors (Lipinski definition) is 0. The van der Waals surface area contributed by atoms with Crippen molar-refractivity contribution in [3.05, 3.63) is 63.7 Å². The molecular weight excluding hydrogens is 260 g/mol. The lowest BCUT2D eigenvalue weighted by Crippen LogP contribution is -1.92. The minimum Gasteiger partial charge on any atom is -0.258 e. The molecule has 0 radical (unpaired) electrons. The summed E-state index contributed by atoms with van der Waals surface area (Å²) in [6.07, 6.45) is 0. The Balaban J connectivity index is 2.43. The van der Waals surface area contributed by atoms with Gasteiger partial charge in [-0.3, -0.25) is 10.1 Å². The molecule has 4 nitrogen and oxygen atoms in total. The average Bonchev–Trinajstić information content (AvgIpc) is 2.41. The summed E-state index contributed by atoms with van der Waals surface area (Å²) in [7, 11) is 0. The molecule has 0 unspecified atom stereocenters. The Morgan fingerprint density at radius 1 is 1.21 bits per heavy atom. The van der Waals surface area contributed by atoms with Crippen LogP contribution in [0.2, 0.25) is 0 Å². The number of hydrogen-bond acceptors (Lipinski definition) is 4. The average molecular weight is 270 g/mol. The van der Waals surface area contributed by atoms with E-state index in [2.05, 4.69) is 0 Å². The van der Waals surface area contributed by atoms with Crippen molar-refractivity contribution in [2.24, 2.45) is 0 Å². The van der Waals surface area contributed by atoms with Gasteiger partial charge in [-0.1, -0.05) is 30.0 Å². The van der Waals surface area contributed by atoms with Crippen molar-refractivity contribution in [3.63, 3.8) is 0 Å². The fraction of sp³-hybridized carbons (Fsp3) is 0.0714. The summed E-state index contributed by atoms with van der Waals surface area (Å²) < 4.78 is 0. The maximum absolute atomic E-state index is 11.0. The monoisotopic (exact) mass is 270 g/mol. The van der Waals surface area contributed by atoms with E-state index in [1.54, 1.807) is 12.1 Å². The van der Waals surface area contributed by atoms with E-state index in [1.807, 2.05) is 37.3 Å². The lowest BCUT2D eigenvalue weighted by molar-refractivity contribution is -0.387. The highest BCUT2D eigenvalue weighted by molar-refractivity contribution is 7.99. The first-order chi connectivity index (χ1) is 9.11. The van der Waals surface area contributed by atoms with Gasteiger partial charge in [-0.15, -0.1) is 0 Å². The number of nitro groups is 1. The van der Waals surface area contributed by atoms with Crippen LogP contribution in [0, 0.1) is 28.4 Å². The molecule has 0 spiro atoms. The van der Waals surface area contributed by atoms with Crippen molar-refractivity contribution >= 4 is 17.4 Å². The predicted octanol–water partition coefficient (Wildman–Crippen LogP) is 3.93. The summed E-state index contributed by atoms with van der Waals surface area (Å²) >= 11 is 1.34. The van der Waals surface area contributed by atoms with E-state index in [-0.39, 0.29) is 5.69 Å². The van der Waals surface area contributed by atoms with E-state index in [1.165, 1.54) is 17.8 Å². The quantitative estimate of drug-likeness (QED) is 0.626. The Bertz CT molecular complexity index is 677. The zero-order valence-electron chi connectivity index (χ0n) is 10.2. The normalized spacial score (nSPS) is 9.89. The van der Waals surface area contributed by atoms with Crippen LogP contribution >= 0.6 is 11.8 Å². The third-order valence-electron chi connectivity index (χ3n) is 2.60. The Kier molecular flexibility index (Phi) is 3.83. The molecule has 0 amide bonds. The molecule has 19 heavy (non-hydrogen) atoms. The van der Waals surface area contributed by atoms with Gasteiger partial charge in [0.1, 0.15) is 0 Å². The van der Waals surface area contributed by atoms with Crippen molar-refractivity contribution in [2.45, 2.75) is 16.7 Å². The zero-order valence-corrected chi connectivity index (χ0v) is 11.0. The van der Waals surface area contributed by atoms with Crippen LogP contribution in [0.4, 0.5) is 5.69 Å². The van der Waals surface area contributed by atoms with Crippen molar-refractivity contribution < 1.29 is 4.92 Å². The summed E-state index contributed by atoms with van der Waals surface area (Å²) in [6.45, 7) is 1.96. The van der Waals surface area contributed by atoms with Gasteiger partial charge in [-0.2, -0.15) is 5.26 Å². The van der Waals surface area contributed by atoms with E-state index in [0.717, 1.165) is 10.5 Å². The van der Waals surface area contributed by atoms with E-state index < -0.39 is 4.92 Å². The van der Waals surface area contributed by atoms with Crippen LogP contribution in [-0.2, 0) is 0 Å². The largest absolute Gasteiger partial charge is 0.284 e. The molecule has 0 bridgehead atoms. The number of aryl methyl sites for hydroxylation is 1. The summed E-state index contributed by atoms with van der Waals surface area (Å²) in [6, 6.07) is 14.1. The zero-order chi connectivity index (χ0) is 13.8. The number of benzene rings is 2. The van der Waals surface area contributed by atoms with Crippen LogP contribution in [0.25, 0.3) is 0 Å². The molecule has 2 aromatic carbocycles. The van der Waals surface area contributed by atoms with Crippen LogP contribution in [0.5, 0.6) is 0 Å². The molecule has 0 heterocycles. The summed E-state index contributed by atoms with van der Waals surface area (Å²) in [5.74, 6) is 0. The standard InChI is InChI=1S/C14H10N2O2S/c1-10-4-2-3-5-13(10)19-14-7-6-11(9-15)8-12(14)16(17)18/h2-8H,1H3. The Hall–Kier alpha value is -2.32. The molecule has 0 fully saturated rings. The van der Waals surface area contributed by atoms with Crippen molar-refractivity contribution in [1.82, 2.24) is 0 Å². The van der Waals surface area contributed by atoms with E-state index in [9.17, 15) is 10.1 Å². The van der Waals surface area contributed by atoms with Crippen molar-refractivity contribution in [3.8, 4) is 6.07 Å². The highest BCUT2D eigenvalue weighted by Gasteiger charge is 2.16. The molecule has 0 aromatic heterocycles. The van der Waals surface area contributed by atoms with Gasteiger partial charge >= 0.3 is 0 Å². The molecule has 0 saturated carbocycles. The second-order valence-electron chi connectivity index (χ2n) is 3.92. The van der Waals surface area contributed by atoms with Gasteiger partial charge in [0.05, 0.1) is 21.5 Å². The molecule has 0 N–H and O–H groups in total. The molecule has 0 aliphatic rings. The van der Waals surface area contributed by atoms with Gasteiger partial charge in [0.2, 0.25) is 0 Å². The third kappa shape index (κ3) is 2.92. The van der Waals surface area contributed by atoms with Crippen molar-refractivity contribution in [1.29, 1.82) is 5.26 Å². The van der Waals surface area contributed by atoms with Gasteiger partial charge < -0.3 is 0 Å². The first-order valence-corrected chi connectivity index (χ1v) is 6.35. The topological polar surface area (TPSA) is 66.9 Å². The molecule has 0 aliphatic carbocycles. The maximum atomic E-state index is 11.0. The minimum absolute atomic E-state index is 0.0349. The summed E-state index contributed by atoms with van der Waals surface area (Å²) in [4.78, 5) is 12.1. The van der Waals surface area contributed by atoms with Crippen LogP contribution in [0.3, 0.4) is 0 Å². The van der Waals surface area contributed by atoms with Gasteiger partial charge in [0.25, 0.3) is 5.69 Å². The molecule has 0 saturated heterocycles. The second kappa shape index (κ2) is 5.55. The maximum Gasteiger partial charge on any atom is 0.284 e. The second-order valence-corrected chi connectivity index (χ2v) is 5.00. The molecule has 0 aliphatic heterocycles. The lowest BCUT2D eigenvalue weighted by Gasteiger charge is -2.06. The van der Waals surface area contributed by atoms with Crippen molar-refractivity contribution in [2.75, 3.05) is 0 Å². The minimum atomic E-state index is -0.457. The molecule has 5 heteroatoms. The number of nitrogens with zero attached hydrogens (tertiary/aromatic N) is 2. The van der Waals surface area contributed by atoms with Gasteiger partial charge in [-0.05, 0) is 30.7 Å². The van der Waals surface area contributed by atoms with Crippen LogP contribution in [0.1, 0.15) is 11.1 Å². The van der Waals surface area contributed by atoms with Gasteiger partial charge in [0, 0.05) is 11.0 Å². The first-order valence-electron chi connectivity index (χ1n) is 5.54. The fourth-order valence-corrected chi connectivity index (χ4v) is 2.59. The third-order valence-corrected chi connectivity index (χ3v) is 3.84. The Morgan fingerprint density at radius 2 is 1.95 bits per heavy atom. The summed E-state index contributed by atoms with van der Waals surface area (Å²) in [5, 5.41) is 19.8. The van der Waals surface area contributed by atoms with Crippen LogP contribution in [0.15, 0.2) is 52.3 Å². The molecule has 0 atom stereocenters. The van der Waals surface area contributed by atoms with Gasteiger partial charge in [0.15, 0.2) is 0 Å². The molecule has 2 aromatic rings. The Labute approximate surface area is 114 Å².